The highest BCUT2D eigenvalue weighted by Gasteiger charge is 2.32. The zero-order chi connectivity index (χ0) is 31.0. The first-order chi connectivity index (χ1) is 20.5. The number of benzene rings is 3. The number of hydrogen-bond donors (Lipinski definition) is 1. The van der Waals surface area contributed by atoms with Crippen molar-refractivity contribution in [3.63, 3.8) is 0 Å². The van der Waals surface area contributed by atoms with E-state index in [0.717, 1.165) is 53.5 Å². The lowest BCUT2D eigenvalue weighted by molar-refractivity contribution is -0.141. The fraction of sp³-hybridized carbons (Fsp3) is 0.429. The minimum absolute atomic E-state index is 0.116. The Labute approximate surface area is 257 Å². The molecule has 7 nitrogen and oxygen atoms in total. The molecule has 0 bridgehead atoms. The fourth-order valence-corrected chi connectivity index (χ4v) is 6.82. The van der Waals surface area contributed by atoms with E-state index in [1.807, 2.05) is 87.5 Å². The maximum atomic E-state index is 14.1. The van der Waals surface area contributed by atoms with Crippen molar-refractivity contribution in [3.05, 3.63) is 101 Å². The highest BCUT2D eigenvalue weighted by molar-refractivity contribution is 7.92. The van der Waals surface area contributed by atoms with E-state index in [2.05, 4.69) is 5.32 Å². The van der Waals surface area contributed by atoms with Crippen LogP contribution in [0.3, 0.4) is 0 Å². The molecule has 2 amide bonds. The van der Waals surface area contributed by atoms with Crippen molar-refractivity contribution in [3.8, 4) is 0 Å². The van der Waals surface area contributed by atoms with Gasteiger partial charge >= 0.3 is 0 Å². The van der Waals surface area contributed by atoms with E-state index < -0.39 is 16.1 Å². The number of nitrogens with one attached hydrogen (secondary N) is 1. The molecule has 0 saturated heterocycles. The Bertz CT molecular complexity index is 1480. The van der Waals surface area contributed by atoms with Gasteiger partial charge in [0.15, 0.2) is 0 Å². The minimum atomic E-state index is -3.57. The van der Waals surface area contributed by atoms with Crippen molar-refractivity contribution in [1.82, 2.24) is 10.2 Å². The number of nitrogens with zero attached hydrogens (tertiary/aromatic N) is 2. The first kappa shape index (κ1) is 32.3. The van der Waals surface area contributed by atoms with Crippen LogP contribution in [0.15, 0.2) is 72.8 Å². The number of carbonyl (C=O) groups is 2. The fourth-order valence-electron chi connectivity index (χ4n) is 5.80. The summed E-state index contributed by atoms with van der Waals surface area (Å²) in [5.41, 5.74) is 5.57. The van der Waals surface area contributed by atoms with Crippen molar-refractivity contribution in [1.29, 1.82) is 0 Å². The summed E-state index contributed by atoms with van der Waals surface area (Å²) >= 11 is 0. The van der Waals surface area contributed by atoms with Crippen molar-refractivity contribution in [2.24, 2.45) is 0 Å². The van der Waals surface area contributed by atoms with Gasteiger partial charge in [0.25, 0.3) is 0 Å². The lowest BCUT2D eigenvalue weighted by Crippen LogP contribution is -2.52. The number of rotatable bonds is 13. The highest BCUT2D eigenvalue weighted by Crippen LogP contribution is 2.26. The molecule has 1 aliphatic rings. The second kappa shape index (κ2) is 14.7. The van der Waals surface area contributed by atoms with E-state index in [9.17, 15) is 18.0 Å². The molecule has 1 N–H and O–H groups in total. The van der Waals surface area contributed by atoms with Crippen LogP contribution in [0.2, 0.25) is 0 Å². The SMILES string of the molecule is Cc1ccc(CN(C(=O)CCCN(c2cccc(C)c2C)S(C)(=O)=O)[C@H](Cc2ccccc2)C(=O)NC2CCCC2)cc1. The molecule has 1 atom stereocenters. The molecule has 0 aliphatic heterocycles. The largest absolute Gasteiger partial charge is 0.352 e. The number of carbonyl (C=O) groups excluding carboxylic acids is 2. The number of sulfonamides is 1. The summed E-state index contributed by atoms with van der Waals surface area (Å²) < 4.78 is 27.0. The van der Waals surface area contributed by atoms with Gasteiger partial charge in [0, 0.05) is 32.0 Å². The monoisotopic (exact) mass is 603 g/mol. The molecule has 3 aromatic carbocycles. The third-order valence-electron chi connectivity index (χ3n) is 8.44. The predicted octanol–water partition coefficient (Wildman–Crippen LogP) is 5.86. The Balaban J connectivity index is 1.59. The van der Waals surface area contributed by atoms with Gasteiger partial charge in [-0.05, 0) is 68.4 Å². The molecule has 1 saturated carbocycles. The van der Waals surface area contributed by atoms with Gasteiger partial charge in [-0.25, -0.2) is 8.42 Å². The van der Waals surface area contributed by atoms with Crippen molar-refractivity contribution in [2.75, 3.05) is 17.1 Å². The molecule has 8 heteroatoms. The lowest BCUT2D eigenvalue weighted by atomic mass is 10.0. The molecule has 0 spiro atoms. The second-order valence-corrected chi connectivity index (χ2v) is 13.8. The van der Waals surface area contributed by atoms with Gasteiger partial charge in [0.1, 0.15) is 6.04 Å². The summed E-state index contributed by atoms with van der Waals surface area (Å²) in [6, 6.07) is 22.9. The quantitative estimate of drug-likeness (QED) is 0.265. The molecule has 0 heterocycles. The average Bonchev–Trinajstić information content (AvgIpc) is 3.48. The van der Waals surface area contributed by atoms with E-state index in [1.165, 1.54) is 10.6 Å². The van der Waals surface area contributed by atoms with E-state index in [4.69, 9.17) is 0 Å². The standard InChI is InChI=1S/C35H45N3O4S/c1-26-19-21-30(22-20-26)25-37(33(24-29-13-6-5-7-14-29)35(40)36-31-15-8-9-16-31)34(39)18-11-23-38(43(4,41)42)32-17-10-12-27(2)28(32)3/h5-7,10,12-14,17,19-22,31,33H,8-9,11,15-16,18,23-25H2,1-4H3,(H,36,40)/t33-/m1/s1. The van der Waals surface area contributed by atoms with Crippen LogP contribution in [-0.4, -0.2) is 50.0 Å². The molecule has 0 aromatic heterocycles. The van der Waals surface area contributed by atoms with E-state index in [-0.39, 0.29) is 30.8 Å². The van der Waals surface area contributed by atoms with Crippen molar-refractivity contribution < 1.29 is 18.0 Å². The molecule has 0 unspecified atom stereocenters. The number of amides is 2. The summed E-state index contributed by atoms with van der Waals surface area (Å²) in [6.07, 6.45) is 6.13. The molecular weight excluding hydrogens is 558 g/mol. The topological polar surface area (TPSA) is 86.8 Å². The van der Waals surface area contributed by atoms with Gasteiger partial charge in [0.2, 0.25) is 21.8 Å². The van der Waals surface area contributed by atoms with Crippen LogP contribution in [0.1, 0.15) is 66.3 Å². The summed E-state index contributed by atoms with van der Waals surface area (Å²) in [5, 5.41) is 3.24. The maximum absolute atomic E-state index is 14.1. The number of hydrogen-bond acceptors (Lipinski definition) is 4. The van der Waals surface area contributed by atoms with Crippen LogP contribution in [0.5, 0.6) is 0 Å². The molecule has 3 aromatic rings. The smallest absolute Gasteiger partial charge is 0.243 e. The third kappa shape index (κ3) is 8.92. The molecule has 0 radical (unpaired) electrons. The Morgan fingerprint density at radius 2 is 1.56 bits per heavy atom. The summed E-state index contributed by atoms with van der Waals surface area (Å²) in [6.45, 7) is 6.35. The van der Waals surface area contributed by atoms with E-state index in [0.29, 0.717) is 25.1 Å². The van der Waals surface area contributed by atoms with Crippen LogP contribution in [-0.2, 0) is 32.6 Å². The van der Waals surface area contributed by atoms with Gasteiger partial charge in [0.05, 0.1) is 11.9 Å². The van der Waals surface area contributed by atoms with Crippen LogP contribution < -0.4 is 9.62 Å². The predicted molar refractivity (Wildman–Crippen MR) is 173 cm³/mol. The molecule has 1 fully saturated rings. The molecule has 43 heavy (non-hydrogen) atoms. The van der Waals surface area contributed by atoms with Crippen molar-refractivity contribution in [2.45, 2.75) is 84.3 Å². The van der Waals surface area contributed by atoms with Gasteiger partial charge in [-0.1, -0.05) is 85.1 Å². The van der Waals surface area contributed by atoms with Crippen molar-refractivity contribution >= 4 is 27.5 Å². The van der Waals surface area contributed by atoms with Crippen LogP contribution >= 0.6 is 0 Å². The summed E-state index contributed by atoms with van der Waals surface area (Å²) in [7, 11) is -3.57. The third-order valence-corrected chi connectivity index (χ3v) is 9.62. The van der Waals surface area contributed by atoms with Crippen LogP contribution in [0, 0.1) is 20.8 Å². The van der Waals surface area contributed by atoms with Gasteiger partial charge in [-0.3, -0.25) is 13.9 Å². The van der Waals surface area contributed by atoms with Crippen LogP contribution in [0.25, 0.3) is 0 Å². The van der Waals surface area contributed by atoms with Crippen LogP contribution in [0.4, 0.5) is 5.69 Å². The van der Waals surface area contributed by atoms with E-state index >= 15 is 0 Å². The highest BCUT2D eigenvalue weighted by atomic mass is 32.2. The average molecular weight is 604 g/mol. The van der Waals surface area contributed by atoms with E-state index in [1.54, 1.807) is 11.0 Å². The molecule has 4 rings (SSSR count). The molecule has 230 valence electrons. The lowest BCUT2D eigenvalue weighted by Gasteiger charge is -2.33. The zero-order valence-corrected chi connectivity index (χ0v) is 26.7. The molecule has 1 aliphatic carbocycles. The molecular formula is C35H45N3O4S. The normalized spacial score (nSPS) is 14.3. The Morgan fingerprint density at radius 3 is 2.21 bits per heavy atom. The zero-order valence-electron chi connectivity index (χ0n) is 25.9. The first-order valence-electron chi connectivity index (χ1n) is 15.3. The Morgan fingerprint density at radius 1 is 0.884 bits per heavy atom. The Kier molecular flexibility index (Phi) is 11.0. The second-order valence-electron chi connectivity index (χ2n) is 11.9. The number of anilines is 1. The summed E-state index contributed by atoms with van der Waals surface area (Å²) in [4.78, 5) is 29.6. The van der Waals surface area contributed by atoms with Gasteiger partial charge in [-0.15, -0.1) is 0 Å². The Hall–Kier alpha value is -3.65. The minimum Gasteiger partial charge on any atom is -0.352 e. The van der Waals surface area contributed by atoms with Gasteiger partial charge < -0.3 is 10.2 Å². The van der Waals surface area contributed by atoms with Gasteiger partial charge in [-0.2, -0.15) is 0 Å². The first-order valence-corrected chi connectivity index (χ1v) is 17.1. The number of aryl methyl sites for hydroxylation is 2. The summed E-state index contributed by atoms with van der Waals surface area (Å²) in [5.74, 6) is -0.304. The maximum Gasteiger partial charge on any atom is 0.243 e.